The summed E-state index contributed by atoms with van der Waals surface area (Å²) in [5.41, 5.74) is 2.64. The first-order valence-corrected chi connectivity index (χ1v) is 8.00. The minimum absolute atomic E-state index is 0.114. The van der Waals surface area contributed by atoms with Crippen LogP contribution in [0.5, 0.6) is 0 Å². The maximum atomic E-state index is 12.4. The Morgan fingerprint density at radius 1 is 1.12 bits per heavy atom. The summed E-state index contributed by atoms with van der Waals surface area (Å²) in [5.74, 6) is 1.63. The summed E-state index contributed by atoms with van der Waals surface area (Å²) in [5, 5.41) is 3.14. The van der Waals surface area contributed by atoms with E-state index in [9.17, 15) is 4.79 Å². The molecule has 2 heterocycles. The highest BCUT2D eigenvalue weighted by Crippen LogP contribution is 2.31. The highest BCUT2D eigenvalue weighted by molar-refractivity contribution is 5.98. The third kappa shape index (κ3) is 2.93. The van der Waals surface area contributed by atoms with Crippen LogP contribution in [0.1, 0.15) is 39.7 Å². The Bertz CT molecular complexity index is 844. The van der Waals surface area contributed by atoms with Crippen molar-refractivity contribution in [3.05, 3.63) is 77.5 Å². The molecule has 4 rings (SSSR count). The Morgan fingerprint density at radius 3 is 2.79 bits per heavy atom. The standard InChI is InChI=1S/C19H17N3O2/c23-18-10-14(13-5-2-1-3-6-13)9-17-16(18)12-21-19(22-17)20-11-15-7-4-8-24-15/h1-8,12,14H,9-11H2,(H,20,21,22)/t14-/m1/s1. The van der Waals surface area contributed by atoms with Crippen LogP contribution in [-0.2, 0) is 13.0 Å². The van der Waals surface area contributed by atoms with Crippen molar-refractivity contribution >= 4 is 11.7 Å². The van der Waals surface area contributed by atoms with Gasteiger partial charge in [-0.15, -0.1) is 0 Å². The van der Waals surface area contributed by atoms with Gasteiger partial charge in [0.25, 0.3) is 0 Å². The molecule has 0 unspecified atom stereocenters. The third-order valence-corrected chi connectivity index (χ3v) is 4.31. The van der Waals surface area contributed by atoms with Crippen molar-refractivity contribution in [1.82, 2.24) is 9.97 Å². The van der Waals surface area contributed by atoms with Crippen molar-refractivity contribution in [3.8, 4) is 0 Å². The number of Topliss-reactive ketones (excluding diaryl/α,β-unsaturated/α-hetero) is 1. The summed E-state index contributed by atoms with van der Waals surface area (Å²) >= 11 is 0. The van der Waals surface area contributed by atoms with Crippen molar-refractivity contribution < 1.29 is 9.21 Å². The number of aromatic nitrogens is 2. The molecule has 0 bridgehead atoms. The first-order chi connectivity index (χ1) is 11.8. The Hall–Kier alpha value is -2.95. The number of anilines is 1. The van der Waals surface area contributed by atoms with Crippen molar-refractivity contribution in [2.45, 2.75) is 25.3 Å². The fourth-order valence-corrected chi connectivity index (χ4v) is 3.07. The number of ketones is 1. The van der Waals surface area contributed by atoms with E-state index in [2.05, 4.69) is 27.4 Å². The number of benzene rings is 1. The van der Waals surface area contributed by atoms with Crippen LogP contribution in [-0.4, -0.2) is 15.8 Å². The minimum Gasteiger partial charge on any atom is -0.467 e. The molecule has 1 N–H and O–H groups in total. The molecule has 24 heavy (non-hydrogen) atoms. The molecule has 5 heteroatoms. The van der Waals surface area contributed by atoms with Crippen LogP contribution in [0.3, 0.4) is 0 Å². The number of carbonyl (C=O) groups excluding carboxylic acids is 1. The monoisotopic (exact) mass is 319 g/mol. The summed E-state index contributed by atoms with van der Waals surface area (Å²) in [7, 11) is 0. The first kappa shape index (κ1) is 14.6. The molecule has 0 radical (unpaired) electrons. The third-order valence-electron chi connectivity index (χ3n) is 4.31. The van der Waals surface area contributed by atoms with E-state index in [0.717, 1.165) is 17.9 Å². The Morgan fingerprint density at radius 2 is 2.00 bits per heavy atom. The van der Waals surface area contributed by atoms with Gasteiger partial charge in [0.15, 0.2) is 5.78 Å². The lowest BCUT2D eigenvalue weighted by atomic mass is 9.82. The number of furan rings is 1. The average molecular weight is 319 g/mol. The van der Waals surface area contributed by atoms with Crippen LogP contribution in [0.25, 0.3) is 0 Å². The molecule has 0 saturated heterocycles. The average Bonchev–Trinajstić information content (AvgIpc) is 3.14. The van der Waals surface area contributed by atoms with Gasteiger partial charge in [0.1, 0.15) is 5.76 Å². The highest BCUT2D eigenvalue weighted by Gasteiger charge is 2.27. The lowest BCUT2D eigenvalue weighted by molar-refractivity contribution is 0.0962. The van der Waals surface area contributed by atoms with E-state index >= 15 is 0 Å². The van der Waals surface area contributed by atoms with Crippen LogP contribution >= 0.6 is 0 Å². The zero-order valence-electron chi connectivity index (χ0n) is 13.1. The number of fused-ring (bicyclic) bond motifs is 1. The first-order valence-electron chi connectivity index (χ1n) is 8.00. The number of hydrogen-bond donors (Lipinski definition) is 1. The molecule has 5 nitrogen and oxygen atoms in total. The molecule has 1 aromatic carbocycles. The number of rotatable bonds is 4. The molecule has 0 saturated carbocycles. The van der Waals surface area contributed by atoms with Gasteiger partial charge in [-0.3, -0.25) is 4.79 Å². The molecule has 0 aliphatic heterocycles. The van der Waals surface area contributed by atoms with Crippen molar-refractivity contribution in [2.24, 2.45) is 0 Å². The summed E-state index contributed by atoms with van der Waals surface area (Å²) in [6, 6.07) is 13.9. The van der Waals surface area contributed by atoms with Gasteiger partial charge in [-0.05, 0) is 30.0 Å². The van der Waals surface area contributed by atoms with Gasteiger partial charge < -0.3 is 9.73 Å². The van der Waals surface area contributed by atoms with E-state index in [1.165, 1.54) is 5.56 Å². The molecular formula is C19H17N3O2. The minimum atomic E-state index is 0.114. The molecule has 1 atom stereocenters. The number of nitrogens with zero attached hydrogens (tertiary/aromatic N) is 2. The maximum Gasteiger partial charge on any atom is 0.223 e. The van der Waals surface area contributed by atoms with Crippen LogP contribution in [0, 0.1) is 0 Å². The van der Waals surface area contributed by atoms with Gasteiger partial charge in [-0.25, -0.2) is 9.97 Å². The molecular weight excluding hydrogens is 302 g/mol. The highest BCUT2D eigenvalue weighted by atomic mass is 16.3. The summed E-state index contributed by atoms with van der Waals surface area (Å²) in [6.45, 7) is 0.516. The molecule has 0 amide bonds. The van der Waals surface area contributed by atoms with Crippen LogP contribution in [0.2, 0.25) is 0 Å². The van der Waals surface area contributed by atoms with Crippen molar-refractivity contribution in [2.75, 3.05) is 5.32 Å². The Balaban J connectivity index is 1.55. The zero-order valence-corrected chi connectivity index (χ0v) is 13.1. The quantitative estimate of drug-likeness (QED) is 0.796. The second-order valence-electron chi connectivity index (χ2n) is 5.93. The second-order valence-corrected chi connectivity index (χ2v) is 5.93. The zero-order chi connectivity index (χ0) is 16.4. The van der Waals surface area contributed by atoms with Gasteiger partial charge in [-0.2, -0.15) is 0 Å². The molecule has 120 valence electrons. The van der Waals surface area contributed by atoms with E-state index in [-0.39, 0.29) is 11.7 Å². The van der Waals surface area contributed by atoms with Crippen LogP contribution in [0.15, 0.2) is 59.3 Å². The summed E-state index contributed by atoms with van der Waals surface area (Å²) in [4.78, 5) is 21.2. The van der Waals surface area contributed by atoms with E-state index in [1.54, 1.807) is 12.5 Å². The Labute approximate surface area is 139 Å². The molecule has 3 aromatic rings. The van der Waals surface area contributed by atoms with Gasteiger partial charge in [0, 0.05) is 12.6 Å². The van der Waals surface area contributed by atoms with Crippen molar-refractivity contribution in [1.29, 1.82) is 0 Å². The lowest BCUT2D eigenvalue weighted by Crippen LogP contribution is -2.21. The molecule has 0 spiro atoms. The van der Waals surface area contributed by atoms with Gasteiger partial charge >= 0.3 is 0 Å². The predicted octanol–water partition coefficient (Wildman–Crippen LogP) is 3.59. The molecule has 1 aliphatic rings. The number of carbonyl (C=O) groups is 1. The van der Waals surface area contributed by atoms with Crippen LogP contribution in [0.4, 0.5) is 5.95 Å². The summed E-state index contributed by atoms with van der Waals surface area (Å²) < 4.78 is 5.29. The fraction of sp³-hybridized carbons (Fsp3) is 0.211. The second kappa shape index (κ2) is 6.28. The SMILES string of the molecule is O=C1C[C@H](c2ccccc2)Cc2nc(NCc3ccco3)ncc21. The molecule has 1 aliphatic carbocycles. The maximum absolute atomic E-state index is 12.4. The van der Waals surface area contributed by atoms with Gasteiger partial charge in [0.2, 0.25) is 5.95 Å². The number of nitrogens with one attached hydrogen (secondary N) is 1. The van der Waals surface area contributed by atoms with E-state index in [0.29, 0.717) is 24.5 Å². The largest absolute Gasteiger partial charge is 0.467 e. The molecule has 0 fully saturated rings. The number of hydrogen-bond acceptors (Lipinski definition) is 5. The predicted molar refractivity (Wildman–Crippen MR) is 89.9 cm³/mol. The molecule has 2 aromatic heterocycles. The van der Waals surface area contributed by atoms with Gasteiger partial charge in [0.05, 0.1) is 24.1 Å². The normalized spacial score (nSPS) is 16.7. The smallest absolute Gasteiger partial charge is 0.223 e. The van der Waals surface area contributed by atoms with Crippen LogP contribution < -0.4 is 5.32 Å². The van der Waals surface area contributed by atoms with E-state index < -0.39 is 0 Å². The lowest BCUT2D eigenvalue weighted by Gasteiger charge is -2.23. The van der Waals surface area contributed by atoms with Crippen molar-refractivity contribution in [3.63, 3.8) is 0 Å². The van der Waals surface area contributed by atoms with Gasteiger partial charge in [-0.1, -0.05) is 30.3 Å². The topological polar surface area (TPSA) is 68.0 Å². The fourth-order valence-electron chi connectivity index (χ4n) is 3.07. The Kier molecular flexibility index (Phi) is 3.83. The van der Waals surface area contributed by atoms with E-state index in [4.69, 9.17) is 4.42 Å². The summed E-state index contributed by atoms with van der Waals surface area (Å²) in [6.07, 6.45) is 4.53. The van der Waals surface area contributed by atoms with E-state index in [1.807, 2.05) is 30.3 Å².